The molecule has 6 heteroatoms. The van der Waals surface area contributed by atoms with Crippen molar-refractivity contribution in [1.82, 2.24) is 0 Å². The first-order chi connectivity index (χ1) is 35.5. The fraction of sp³-hybridized carbons (Fsp3) is 0.864. The van der Waals surface area contributed by atoms with Crippen LogP contribution in [0.5, 0.6) is 0 Å². The monoisotopic (exact) mass is 1010 g/mol. The third-order valence-corrected chi connectivity index (χ3v) is 14.4. The third-order valence-electron chi connectivity index (χ3n) is 14.4. The first-order valence-electron chi connectivity index (χ1n) is 32.0. The lowest BCUT2D eigenvalue weighted by Gasteiger charge is -2.18. The van der Waals surface area contributed by atoms with Gasteiger partial charge in [0.05, 0.1) is 0 Å². The molecular formula is C66H122O6. The van der Waals surface area contributed by atoms with Crippen LogP contribution < -0.4 is 0 Å². The highest BCUT2D eigenvalue weighted by Crippen LogP contribution is 2.18. The highest BCUT2D eigenvalue weighted by Gasteiger charge is 2.19. The van der Waals surface area contributed by atoms with E-state index in [1.807, 2.05) is 0 Å². The zero-order chi connectivity index (χ0) is 52.2. The fourth-order valence-electron chi connectivity index (χ4n) is 9.64. The Morgan fingerprint density at radius 3 is 0.847 bits per heavy atom. The van der Waals surface area contributed by atoms with Crippen LogP contribution in [0.1, 0.15) is 348 Å². The Bertz CT molecular complexity index is 1210. The Labute approximate surface area is 448 Å². The van der Waals surface area contributed by atoms with Crippen molar-refractivity contribution < 1.29 is 28.6 Å². The van der Waals surface area contributed by atoms with Crippen LogP contribution in [0, 0.1) is 0 Å². The molecule has 0 bridgehead atoms. The zero-order valence-electron chi connectivity index (χ0n) is 48.5. The maximum absolute atomic E-state index is 12.8. The van der Waals surface area contributed by atoms with Gasteiger partial charge in [-0.2, -0.15) is 0 Å². The van der Waals surface area contributed by atoms with E-state index in [0.29, 0.717) is 19.3 Å². The Morgan fingerprint density at radius 2 is 0.542 bits per heavy atom. The van der Waals surface area contributed by atoms with Crippen molar-refractivity contribution in [3.8, 4) is 0 Å². The van der Waals surface area contributed by atoms with Crippen molar-refractivity contribution >= 4 is 17.9 Å². The predicted octanol–water partition coefficient (Wildman–Crippen LogP) is 21.6. The maximum Gasteiger partial charge on any atom is 0.306 e. The van der Waals surface area contributed by atoms with E-state index in [1.165, 1.54) is 225 Å². The lowest BCUT2D eigenvalue weighted by molar-refractivity contribution is -0.167. The van der Waals surface area contributed by atoms with E-state index in [9.17, 15) is 14.4 Å². The van der Waals surface area contributed by atoms with E-state index in [4.69, 9.17) is 14.2 Å². The molecular weight excluding hydrogens is 889 g/mol. The standard InChI is InChI=1S/C66H122O6/c1-4-7-10-13-16-19-22-25-26-27-28-29-30-31-32-33-34-35-36-37-38-39-40-42-44-47-50-53-56-59-65(68)71-62-63(61-70-64(67)58-55-52-49-46-43-24-21-18-15-12-9-6-3)72-66(69)60-57-54-51-48-45-41-23-20-17-14-11-8-5-2/h8,11,17,20,41,45,63H,4-7,9-10,12-16,18-19,21-40,42-44,46-62H2,1-3H3/b11-8-,20-17-,45-41-. The largest absolute Gasteiger partial charge is 0.462 e. The Hall–Kier alpha value is -2.37. The summed E-state index contributed by atoms with van der Waals surface area (Å²) in [5.74, 6) is -0.889. The van der Waals surface area contributed by atoms with E-state index < -0.39 is 6.10 Å². The Morgan fingerprint density at radius 1 is 0.292 bits per heavy atom. The van der Waals surface area contributed by atoms with Crippen LogP contribution in [-0.2, 0) is 28.6 Å². The summed E-state index contributed by atoms with van der Waals surface area (Å²) in [7, 11) is 0. The van der Waals surface area contributed by atoms with Gasteiger partial charge in [0.2, 0.25) is 0 Å². The van der Waals surface area contributed by atoms with Gasteiger partial charge >= 0.3 is 17.9 Å². The minimum atomic E-state index is -0.783. The van der Waals surface area contributed by atoms with Crippen molar-refractivity contribution in [2.75, 3.05) is 13.2 Å². The number of hydrogen-bond donors (Lipinski definition) is 0. The van der Waals surface area contributed by atoms with Gasteiger partial charge in [-0.3, -0.25) is 14.4 Å². The second-order valence-corrected chi connectivity index (χ2v) is 21.7. The molecule has 0 aromatic heterocycles. The number of esters is 3. The summed E-state index contributed by atoms with van der Waals surface area (Å²) in [6.07, 6.45) is 74.7. The molecule has 0 aromatic carbocycles. The lowest BCUT2D eigenvalue weighted by Crippen LogP contribution is -2.30. The summed E-state index contributed by atoms with van der Waals surface area (Å²) in [6.45, 7) is 6.55. The van der Waals surface area contributed by atoms with Gasteiger partial charge in [0.15, 0.2) is 6.10 Å². The quantitative estimate of drug-likeness (QED) is 0.0261. The van der Waals surface area contributed by atoms with Crippen molar-refractivity contribution in [2.45, 2.75) is 354 Å². The summed E-state index contributed by atoms with van der Waals surface area (Å²) < 4.78 is 16.9. The average Bonchev–Trinajstić information content (AvgIpc) is 3.38. The van der Waals surface area contributed by atoms with Crippen LogP contribution in [0.2, 0.25) is 0 Å². The molecule has 72 heavy (non-hydrogen) atoms. The van der Waals surface area contributed by atoms with Crippen molar-refractivity contribution in [3.05, 3.63) is 36.5 Å². The van der Waals surface area contributed by atoms with Gasteiger partial charge in [0.1, 0.15) is 13.2 Å². The predicted molar refractivity (Wildman–Crippen MR) is 312 cm³/mol. The number of unbranched alkanes of at least 4 members (excludes halogenated alkanes) is 42. The zero-order valence-corrected chi connectivity index (χ0v) is 48.5. The second kappa shape index (κ2) is 61.2. The first-order valence-corrected chi connectivity index (χ1v) is 32.0. The second-order valence-electron chi connectivity index (χ2n) is 21.7. The number of rotatable bonds is 59. The Kier molecular flexibility index (Phi) is 59.2. The van der Waals surface area contributed by atoms with Crippen LogP contribution in [-0.4, -0.2) is 37.2 Å². The first kappa shape index (κ1) is 69.6. The highest BCUT2D eigenvalue weighted by molar-refractivity contribution is 5.71. The molecule has 6 nitrogen and oxygen atoms in total. The molecule has 0 aromatic rings. The van der Waals surface area contributed by atoms with Crippen LogP contribution in [0.3, 0.4) is 0 Å². The molecule has 0 saturated carbocycles. The normalized spacial score (nSPS) is 12.2. The molecule has 422 valence electrons. The molecule has 0 aliphatic heterocycles. The minimum absolute atomic E-state index is 0.0792. The molecule has 0 fully saturated rings. The van der Waals surface area contributed by atoms with Gasteiger partial charge in [-0.15, -0.1) is 0 Å². The van der Waals surface area contributed by atoms with Gasteiger partial charge in [0.25, 0.3) is 0 Å². The fourth-order valence-corrected chi connectivity index (χ4v) is 9.64. The number of allylic oxidation sites excluding steroid dienone is 6. The highest BCUT2D eigenvalue weighted by atomic mass is 16.6. The van der Waals surface area contributed by atoms with Crippen LogP contribution in [0.25, 0.3) is 0 Å². The van der Waals surface area contributed by atoms with Crippen LogP contribution in [0.4, 0.5) is 0 Å². The van der Waals surface area contributed by atoms with E-state index in [0.717, 1.165) is 83.5 Å². The third kappa shape index (κ3) is 58.5. The average molecular weight is 1010 g/mol. The summed E-state index contributed by atoms with van der Waals surface area (Å²) in [4.78, 5) is 38.1. The summed E-state index contributed by atoms with van der Waals surface area (Å²) in [6, 6.07) is 0. The van der Waals surface area contributed by atoms with Crippen molar-refractivity contribution in [2.24, 2.45) is 0 Å². The van der Waals surface area contributed by atoms with Gasteiger partial charge in [0, 0.05) is 19.3 Å². The molecule has 1 atom stereocenters. The molecule has 0 radical (unpaired) electrons. The molecule has 1 unspecified atom stereocenters. The van der Waals surface area contributed by atoms with E-state index in [1.54, 1.807) is 0 Å². The molecule has 0 heterocycles. The minimum Gasteiger partial charge on any atom is -0.462 e. The number of carbonyl (C=O) groups is 3. The lowest BCUT2D eigenvalue weighted by atomic mass is 10.0. The number of hydrogen-bond acceptors (Lipinski definition) is 6. The maximum atomic E-state index is 12.8. The molecule has 0 rings (SSSR count). The number of ether oxygens (including phenoxy) is 3. The molecule has 0 saturated heterocycles. The van der Waals surface area contributed by atoms with Gasteiger partial charge in [-0.1, -0.05) is 314 Å². The molecule has 0 spiro atoms. The smallest absolute Gasteiger partial charge is 0.306 e. The SMILES string of the molecule is CC/C=C\C/C=C\C/C=C\CCCCCC(=O)OC(COC(=O)CCCCCCCCCCCCCC)COC(=O)CCCCCCCCCCCCCCCCCCCCCCCCCCCCCCC. The number of carbonyl (C=O) groups excluding carboxylic acids is 3. The van der Waals surface area contributed by atoms with Crippen molar-refractivity contribution in [1.29, 1.82) is 0 Å². The molecule has 0 amide bonds. The van der Waals surface area contributed by atoms with E-state index in [-0.39, 0.29) is 31.1 Å². The van der Waals surface area contributed by atoms with Gasteiger partial charge < -0.3 is 14.2 Å². The van der Waals surface area contributed by atoms with Crippen LogP contribution >= 0.6 is 0 Å². The van der Waals surface area contributed by atoms with Crippen LogP contribution in [0.15, 0.2) is 36.5 Å². The summed E-state index contributed by atoms with van der Waals surface area (Å²) >= 11 is 0. The topological polar surface area (TPSA) is 78.9 Å². The van der Waals surface area contributed by atoms with Gasteiger partial charge in [-0.05, 0) is 51.4 Å². The molecule has 0 aliphatic rings. The summed E-state index contributed by atoms with van der Waals surface area (Å²) in [5.41, 5.74) is 0. The molecule has 0 N–H and O–H groups in total. The summed E-state index contributed by atoms with van der Waals surface area (Å²) in [5, 5.41) is 0. The Balaban J connectivity index is 4.10. The van der Waals surface area contributed by atoms with E-state index >= 15 is 0 Å². The van der Waals surface area contributed by atoms with Gasteiger partial charge in [-0.25, -0.2) is 0 Å². The molecule has 0 aliphatic carbocycles. The van der Waals surface area contributed by atoms with E-state index in [2.05, 4.69) is 57.2 Å². The van der Waals surface area contributed by atoms with Crippen molar-refractivity contribution in [3.63, 3.8) is 0 Å².